The molecule has 3 heterocycles. The molecule has 0 N–H and O–H groups in total. The number of pyridine rings is 1. The summed E-state index contributed by atoms with van der Waals surface area (Å²) in [6.07, 6.45) is 3.64. The number of aryl methyl sites for hydroxylation is 2. The molecule has 4 aromatic rings. The van der Waals surface area contributed by atoms with E-state index in [4.69, 9.17) is 18.6 Å². The van der Waals surface area contributed by atoms with Gasteiger partial charge < -0.3 is 18.6 Å². The quantitative estimate of drug-likeness (QED) is 0.223. The molecule has 0 aliphatic carbocycles. The molecule has 0 spiro atoms. The topological polar surface area (TPSA) is 49.8 Å². The first-order valence-corrected chi connectivity index (χ1v) is 15.7. The van der Waals surface area contributed by atoms with E-state index in [1.165, 1.54) is 22.3 Å². The van der Waals surface area contributed by atoms with Crippen LogP contribution in [0.15, 0.2) is 91.1 Å². The highest BCUT2D eigenvalue weighted by Crippen LogP contribution is 2.38. The van der Waals surface area contributed by atoms with E-state index in [1.54, 1.807) is 0 Å². The fourth-order valence-electron chi connectivity index (χ4n) is 5.65. The Morgan fingerprint density at radius 1 is 0.500 bits per heavy atom. The van der Waals surface area contributed by atoms with Gasteiger partial charge in [0.15, 0.2) is 0 Å². The van der Waals surface area contributed by atoms with Crippen molar-refractivity contribution in [1.29, 1.82) is 0 Å². The molecule has 0 atom stereocenters. The Bertz CT molecular complexity index is 1550. The van der Waals surface area contributed by atoms with Crippen molar-refractivity contribution in [1.82, 2.24) is 4.98 Å². The van der Waals surface area contributed by atoms with Crippen molar-refractivity contribution in [3.05, 3.63) is 102 Å². The van der Waals surface area contributed by atoms with Gasteiger partial charge in [0.2, 0.25) is 0 Å². The van der Waals surface area contributed by atoms with Crippen molar-refractivity contribution in [2.24, 2.45) is 0 Å². The Kier molecular flexibility index (Phi) is 7.90. The maximum absolute atomic E-state index is 6.45. The van der Waals surface area contributed by atoms with Crippen LogP contribution in [-0.2, 0) is 31.5 Å². The van der Waals surface area contributed by atoms with Crippen LogP contribution >= 0.6 is 0 Å². The third kappa shape index (κ3) is 6.03. The highest BCUT2D eigenvalue weighted by molar-refractivity contribution is 6.66. The second kappa shape index (κ2) is 11.3. The standard InChI is InChI=1S/C37H43B2NO4/c1-34(2)35(3,4)42-38(41-34)31-22-27(23-32(25-31)39-43-36(5,6)37(7,8)44-39)15-14-26-16-18-29(19-17-26)33-24-30(20-21-40-33)28-12-10-9-11-13-28/h9-13,16-25H,14-15H2,1-8H3. The Balaban J connectivity index is 1.23. The zero-order valence-corrected chi connectivity index (χ0v) is 27.3. The zero-order chi connectivity index (χ0) is 31.3. The first kappa shape index (κ1) is 30.8. The second-order valence-electron chi connectivity index (χ2n) is 14.2. The smallest absolute Gasteiger partial charge is 0.399 e. The first-order chi connectivity index (χ1) is 20.7. The van der Waals surface area contributed by atoms with Crippen LogP contribution in [0, 0.1) is 0 Å². The van der Waals surface area contributed by atoms with Crippen LogP contribution in [0.5, 0.6) is 0 Å². The van der Waals surface area contributed by atoms with Crippen molar-refractivity contribution in [3.8, 4) is 22.4 Å². The average Bonchev–Trinajstić information content (AvgIpc) is 3.36. The van der Waals surface area contributed by atoms with Gasteiger partial charge in [0.05, 0.1) is 28.1 Å². The van der Waals surface area contributed by atoms with Crippen LogP contribution in [0.3, 0.4) is 0 Å². The molecule has 0 saturated carbocycles. The molecule has 3 aromatic carbocycles. The number of aromatic nitrogens is 1. The summed E-state index contributed by atoms with van der Waals surface area (Å²) in [5.74, 6) is 0. The lowest BCUT2D eigenvalue weighted by Gasteiger charge is -2.32. The summed E-state index contributed by atoms with van der Waals surface area (Å²) in [6, 6.07) is 29.9. The van der Waals surface area contributed by atoms with E-state index in [9.17, 15) is 0 Å². The van der Waals surface area contributed by atoms with Crippen molar-refractivity contribution in [2.45, 2.75) is 90.6 Å². The van der Waals surface area contributed by atoms with Gasteiger partial charge in [0.1, 0.15) is 0 Å². The second-order valence-corrected chi connectivity index (χ2v) is 14.2. The predicted molar refractivity (Wildman–Crippen MR) is 180 cm³/mol. The van der Waals surface area contributed by atoms with Gasteiger partial charge in [-0.3, -0.25) is 4.98 Å². The molecule has 0 unspecified atom stereocenters. The van der Waals surface area contributed by atoms with Crippen molar-refractivity contribution in [2.75, 3.05) is 0 Å². The van der Waals surface area contributed by atoms with E-state index in [0.717, 1.165) is 35.0 Å². The van der Waals surface area contributed by atoms with E-state index in [2.05, 4.69) is 139 Å². The molecule has 226 valence electrons. The number of nitrogens with zero attached hydrogens (tertiary/aromatic N) is 1. The van der Waals surface area contributed by atoms with Crippen molar-refractivity contribution < 1.29 is 18.6 Å². The summed E-state index contributed by atoms with van der Waals surface area (Å²) in [4.78, 5) is 4.65. The van der Waals surface area contributed by atoms with Crippen LogP contribution in [0.1, 0.15) is 66.5 Å². The Hall–Kier alpha value is -3.22. The van der Waals surface area contributed by atoms with Gasteiger partial charge in [-0.2, -0.15) is 0 Å². The average molecular weight is 587 g/mol. The van der Waals surface area contributed by atoms with Gasteiger partial charge in [-0.05, 0) is 114 Å². The minimum absolute atomic E-state index is 0.421. The minimum Gasteiger partial charge on any atom is -0.399 e. The fourth-order valence-corrected chi connectivity index (χ4v) is 5.65. The number of hydrogen-bond donors (Lipinski definition) is 0. The molecule has 2 fully saturated rings. The largest absolute Gasteiger partial charge is 0.494 e. The molecule has 6 rings (SSSR count). The number of hydrogen-bond acceptors (Lipinski definition) is 5. The summed E-state index contributed by atoms with van der Waals surface area (Å²) in [6.45, 7) is 16.7. The van der Waals surface area contributed by atoms with Crippen LogP contribution in [0.4, 0.5) is 0 Å². The zero-order valence-electron chi connectivity index (χ0n) is 27.3. The highest BCUT2D eigenvalue weighted by Gasteiger charge is 2.54. The molecule has 0 radical (unpaired) electrons. The summed E-state index contributed by atoms with van der Waals surface area (Å²) in [7, 11) is -0.917. The third-order valence-corrected chi connectivity index (χ3v) is 9.91. The molecule has 2 saturated heterocycles. The maximum atomic E-state index is 6.45. The molecule has 7 heteroatoms. The van der Waals surface area contributed by atoms with Crippen molar-refractivity contribution in [3.63, 3.8) is 0 Å². The molecule has 2 aliphatic heterocycles. The maximum Gasteiger partial charge on any atom is 0.494 e. The molecular formula is C37H43B2NO4. The summed E-state index contributed by atoms with van der Waals surface area (Å²) >= 11 is 0. The molecule has 0 bridgehead atoms. The van der Waals surface area contributed by atoms with Gasteiger partial charge in [0.25, 0.3) is 0 Å². The van der Waals surface area contributed by atoms with Gasteiger partial charge in [-0.15, -0.1) is 0 Å². The SMILES string of the molecule is CC1(C)OB(c2cc(CCc3ccc(-c4cc(-c5ccccc5)ccn4)cc3)cc(B3OC(C)(C)C(C)(C)O3)c2)OC1(C)C. The van der Waals surface area contributed by atoms with Gasteiger partial charge in [-0.1, -0.05) is 72.8 Å². The Morgan fingerprint density at radius 3 is 1.52 bits per heavy atom. The number of rotatable bonds is 7. The molecular weight excluding hydrogens is 544 g/mol. The van der Waals surface area contributed by atoms with Gasteiger partial charge in [0, 0.05) is 11.8 Å². The van der Waals surface area contributed by atoms with E-state index in [0.29, 0.717) is 0 Å². The third-order valence-electron chi connectivity index (χ3n) is 9.91. The van der Waals surface area contributed by atoms with E-state index >= 15 is 0 Å². The minimum atomic E-state index is -0.459. The molecule has 5 nitrogen and oxygen atoms in total. The molecule has 1 aromatic heterocycles. The van der Waals surface area contributed by atoms with E-state index in [-0.39, 0.29) is 0 Å². The lowest BCUT2D eigenvalue weighted by molar-refractivity contribution is 0.00578. The molecule has 44 heavy (non-hydrogen) atoms. The van der Waals surface area contributed by atoms with Crippen LogP contribution in [-0.4, -0.2) is 41.6 Å². The van der Waals surface area contributed by atoms with Crippen LogP contribution in [0.2, 0.25) is 0 Å². The molecule has 0 amide bonds. The van der Waals surface area contributed by atoms with Gasteiger partial charge >= 0.3 is 14.2 Å². The van der Waals surface area contributed by atoms with Crippen LogP contribution < -0.4 is 10.9 Å². The lowest BCUT2D eigenvalue weighted by Crippen LogP contribution is -2.41. The van der Waals surface area contributed by atoms with E-state index in [1.807, 2.05) is 12.3 Å². The lowest BCUT2D eigenvalue weighted by atomic mass is 9.70. The monoisotopic (exact) mass is 587 g/mol. The Morgan fingerprint density at radius 2 is 1.00 bits per heavy atom. The van der Waals surface area contributed by atoms with E-state index < -0.39 is 36.6 Å². The normalized spacial score (nSPS) is 19.8. The summed E-state index contributed by atoms with van der Waals surface area (Å²) in [5, 5.41) is 0. The Labute approximate surface area is 263 Å². The van der Waals surface area contributed by atoms with Crippen molar-refractivity contribution >= 4 is 25.2 Å². The van der Waals surface area contributed by atoms with Crippen LogP contribution in [0.25, 0.3) is 22.4 Å². The molecule has 2 aliphatic rings. The first-order valence-electron chi connectivity index (χ1n) is 15.7. The number of benzene rings is 3. The highest BCUT2D eigenvalue weighted by atomic mass is 16.7. The summed E-state index contributed by atoms with van der Waals surface area (Å²) in [5.41, 5.74) is 7.20. The fraction of sp³-hybridized carbons (Fsp3) is 0.378. The summed E-state index contributed by atoms with van der Waals surface area (Å²) < 4.78 is 25.8. The van der Waals surface area contributed by atoms with Gasteiger partial charge in [-0.25, -0.2) is 0 Å². The predicted octanol–water partition coefficient (Wildman–Crippen LogP) is 6.80.